The number of benzene rings is 2. The lowest BCUT2D eigenvalue weighted by molar-refractivity contribution is -0.131. The minimum Gasteiger partial charge on any atom is -0.465 e. The van der Waals surface area contributed by atoms with Crippen molar-refractivity contribution in [3.05, 3.63) is 69.9 Å². The molecular weight excluding hydrogens is 418 g/mol. The molecule has 0 spiro atoms. The van der Waals surface area contributed by atoms with Gasteiger partial charge in [-0.15, -0.1) is 0 Å². The topological polar surface area (TPSA) is 91.5 Å². The van der Waals surface area contributed by atoms with Gasteiger partial charge in [-0.25, -0.2) is 4.79 Å². The molecule has 0 radical (unpaired) electrons. The van der Waals surface area contributed by atoms with Gasteiger partial charge in [-0.2, -0.15) is 0 Å². The lowest BCUT2D eigenvalue weighted by atomic mass is 10.0. The molecule has 3 aromatic rings. The third-order valence-electron chi connectivity index (χ3n) is 5.48. The number of carbonyl (C=O) groups excluding carboxylic acids is 3. The van der Waals surface area contributed by atoms with Crippen LogP contribution in [0.1, 0.15) is 38.4 Å². The summed E-state index contributed by atoms with van der Waals surface area (Å²) in [7, 11) is 1.35. The molecule has 2 heterocycles. The number of ether oxygens (including phenoxy) is 1. The maximum atomic E-state index is 12.7. The van der Waals surface area contributed by atoms with E-state index in [1.165, 1.54) is 7.11 Å². The lowest BCUT2D eigenvalue weighted by Crippen LogP contribution is -2.37. The van der Waals surface area contributed by atoms with Crippen LogP contribution in [0.25, 0.3) is 10.9 Å². The highest BCUT2D eigenvalue weighted by Gasteiger charge is 2.24. The van der Waals surface area contributed by atoms with E-state index >= 15 is 0 Å². The molecule has 0 bridgehead atoms. The summed E-state index contributed by atoms with van der Waals surface area (Å²) in [6.07, 6.45) is 0.922. The molecule has 8 heteroatoms. The minimum atomic E-state index is -0.392. The maximum absolute atomic E-state index is 12.7. The number of amides is 2. The number of carbonyl (C=O) groups is 3. The van der Waals surface area contributed by atoms with Crippen molar-refractivity contribution in [1.82, 2.24) is 15.2 Å². The standard InChI is InChI=1S/C23H22ClN3O4/c1-31-23(30)15-4-7-19-17(12-15)18-13-27(11-9-20(18)26-19)21(28)8-10-25-22(29)14-2-5-16(24)6-3-14/h2-7,12,26H,8-11,13H2,1H3,(H,25,29). The molecule has 0 fully saturated rings. The Labute approximate surface area is 184 Å². The SMILES string of the molecule is COC(=O)c1ccc2[nH]c3c(c2c1)CN(C(=O)CCNC(=O)c1ccc(Cl)cc1)CC3. The number of aromatic amines is 1. The first-order chi connectivity index (χ1) is 15.0. The average Bonchev–Trinajstić information content (AvgIpc) is 3.15. The van der Waals surface area contributed by atoms with Gasteiger partial charge in [-0.05, 0) is 42.5 Å². The summed E-state index contributed by atoms with van der Waals surface area (Å²) >= 11 is 5.84. The fourth-order valence-electron chi connectivity index (χ4n) is 3.82. The van der Waals surface area contributed by atoms with Crippen LogP contribution in [-0.2, 0) is 22.5 Å². The van der Waals surface area contributed by atoms with E-state index in [4.69, 9.17) is 16.3 Å². The van der Waals surface area contributed by atoms with Gasteiger partial charge in [0.2, 0.25) is 5.91 Å². The van der Waals surface area contributed by atoms with Gasteiger partial charge >= 0.3 is 5.97 Å². The predicted octanol–water partition coefficient (Wildman–Crippen LogP) is 3.31. The van der Waals surface area contributed by atoms with Crippen LogP contribution < -0.4 is 5.32 Å². The van der Waals surface area contributed by atoms with Gasteiger partial charge in [0.1, 0.15) is 0 Å². The second-order valence-electron chi connectivity index (χ2n) is 7.41. The van der Waals surface area contributed by atoms with E-state index in [2.05, 4.69) is 10.3 Å². The summed E-state index contributed by atoms with van der Waals surface area (Å²) < 4.78 is 4.81. The van der Waals surface area contributed by atoms with Crippen molar-refractivity contribution in [2.24, 2.45) is 0 Å². The Morgan fingerprint density at radius 1 is 1.13 bits per heavy atom. The Bertz CT molecular complexity index is 1150. The molecule has 2 amide bonds. The van der Waals surface area contributed by atoms with Gasteiger partial charge < -0.3 is 19.9 Å². The predicted molar refractivity (Wildman–Crippen MR) is 117 cm³/mol. The highest BCUT2D eigenvalue weighted by Crippen LogP contribution is 2.29. The number of nitrogens with one attached hydrogen (secondary N) is 2. The van der Waals surface area contributed by atoms with Crippen molar-refractivity contribution in [2.45, 2.75) is 19.4 Å². The fraction of sp³-hybridized carbons (Fsp3) is 0.261. The van der Waals surface area contributed by atoms with Crippen molar-refractivity contribution < 1.29 is 19.1 Å². The van der Waals surface area contributed by atoms with E-state index in [1.54, 1.807) is 41.3 Å². The number of H-pyrrole nitrogens is 1. The van der Waals surface area contributed by atoms with Crippen molar-refractivity contribution in [1.29, 1.82) is 0 Å². The van der Waals surface area contributed by atoms with E-state index in [0.717, 1.165) is 22.2 Å². The van der Waals surface area contributed by atoms with Gasteiger partial charge in [0, 0.05) is 65.2 Å². The van der Waals surface area contributed by atoms with Gasteiger partial charge in [0.25, 0.3) is 5.91 Å². The van der Waals surface area contributed by atoms with Crippen LogP contribution in [0.2, 0.25) is 5.02 Å². The van der Waals surface area contributed by atoms with Crippen molar-refractivity contribution in [3.63, 3.8) is 0 Å². The molecule has 4 rings (SSSR count). The molecule has 0 saturated heterocycles. The van der Waals surface area contributed by atoms with E-state index in [0.29, 0.717) is 35.7 Å². The first kappa shape index (κ1) is 20.9. The number of halogens is 1. The summed E-state index contributed by atoms with van der Waals surface area (Å²) in [5.74, 6) is -0.657. The Hall–Kier alpha value is -3.32. The molecule has 1 aliphatic rings. The van der Waals surface area contributed by atoms with Crippen LogP contribution in [0.3, 0.4) is 0 Å². The molecule has 0 unspecified atom stereocenters. The quantitative estimate of drug-likeness (QED) is 0.596. The van der Waals surface area contributed by atoms with Crippen LogP contribution in [-0.4, -0.2) is 47.9 Å². The van der Waals surface area contributed by atoms with Crippen LogP contribution in [0.15, 0.2) is 42.5 Å². The van der Waals surface area contributed by atoms with E-state index in [-0.39, 0.29) is 24.8 Å². The molecular formula is C23H22ClN3O4. The summed E-state index contributed by atoms with van der Waals surface area (Å²) in [4.78, 5) is 41.9. The third-order valence-corrected chi connectivity index (χ3v) is 5.73. The normalized spacial score (nSPS) is 13.0. The zero-order valence-electron chi connectivity index (χ0n) is 17.0. The Morgan fingerprint density at radius 3 is 2.61 bits per heavy atom. The van der Waals surface area contributed by atoms with Gasteiger partial charge in [-0.3, -0.25) is 9.59 Å². The maximum Gasteiger partial charge on any atom is 0.337 e. The molecule has 0 saturated carbocycles. The number of hydrogen-bond acceptors (Lipinski definition) is 4. The van der Waals surface area contributed by atoms with Crippen molar-refractivity contribution in [3.8, 4) is 0 Å². The highest BCUT2D eigenvalue weighted by atomic mass is 35.5. The van der Waals surface area contributed by atoms with Gasteiger partial charge in [0.15, 0.2) is 0 Å². The van der Waals surface area contributed by atoms with Crippen molar-refractivity contribution >= 4 is 40.3 Å². The number of esters is 1. The Morgan fingerprint density at radius 2 is 1.87 bits per heavy atom. The molecule has 0 atom stereocenters. The second-order valence-corrected chi connectivity index (χ2v) is 7.85. The Kier molecular flexibility index (Phi) is 5.95. The molecule has 7 nitrogen and oxygen atoms in total. The molecule has 0 aliphatic carbocycles. The zero-order valence-corrected chi connectivity index (χ0v) is 17.8. The largest absolute Gasteiger partial charge is 0.465 e. The average molecular weight is 440 g/mol. The van der Waals surface area contributed by atoms with E-state index in [1.807, 2.05) is 6.07 Å². The van der Waals surface area contributed by atoms with Crippen LogP contribution in [0.5, 0.6) is 0 Å². The van der Waals surface area contributed by atoms with Gasteiger partial charge in [0.05, 0.1) is 12.7 Å². The molecule has 2 aromatic carbocycles. The molecule has 160 valence electrons. The molecule has 1 aromatic heterocycles. The van der Waals surface area contributed by atoms with Crippen LogP contribution in [0.4, 0.5) is 0 Å². The van der Waals surface area contributed by atoms with Crippen LogP contribution >= 0.6 is 11.6 Å². The van der Waals surface area contributed by atoms with E-state index < -0.39 is 5.97 Å². The fourth-order valence-corrected chi connectivity index (χ4v) is 3.94. The van der Waals surface area contributed by atoms with Crippen LogP contribution in [0, 0.1) is 0 Å². The number of fused-ring (bicyclic) bond motifs is 3. The molecule has 2 N–H and O–H groups in total. The first-order valence-corrected chi connectivity index (χ1v) is 10.4. The summed E-state index contributed by atoms with van der Waals surface area (Å²) in [6, 6.07) is 12.0. The third kappa shape index (κ3) is 4.41. The van der Waals surface area contributed by atoms with Crippen molar-refractivity contribution in [2.75, 3.05) is 20.2 Å². The number of rotatable bonds is 5. The smallest absolute Gasteiger partial charge is 0.337 e. The zero-order chi connectivity index (χ0) is 22.0. The second kappa shape index (κ2) is 8.81. The highest BCUT2D eigenvalue weighted by molar-refractivity contribution is 6.30. The van der Waals surface area contributed by atoms with Gasteiger partial charge in [-0.1, -0.05) is 11.6 Å². The molecule has 1 aliphatic heterocycles. The first-order valence-electron chi connectivity index (χ1n) is 9.99. The Balaban J connectivity index is 1.39. The lowest BCUT2D eigenvalue weighted by Gasteiger charge is -2.27. The number of nitrogens with zero attached hydrogens (tertiary/aromatic N) is 1. The van der Waals surface area contributed by atoms with E-state index in [9.17, 15) is 14.4 Å². The monoisotopic (exact) mass is 439 g/mol. The minimum absolute atomic E-state index is 0.0273. The summed E-state index contributed by atoms with van der Waals surface area (Å²) in [5.41, 5.74) is 4.01. The number of aromatic nitrogens is 1. The summed E-state index contributed by atoms with van der Waals surface area (Å²) in [5, 5.41) is 4.26. The molecule has 31 heavy (non-hydrogen) atoms. The number of hydrogen-bond donors (Lipinski definition) is 2. The summed E-state index contributed by atoms with van der Waals surface area (Å²) in [6.45, 7) is 1.32. The number of methoxy groups -OCH3 is 1.